The van der Waals surface area contributed by atoms with Crippen LogP contribution in [0.4, 0.5) is 5.69 Å². The maximum atomic E-state index is 12.6. The number of nitrogens with one attached hydrogen (secondary N) is 2. The Morgan fingerprint density at radius 3 is 2.78 bits per heavy atom. The zero-order valence-electron chi connectivity index (χ0n) is 13.0. The maximum Gasteiger partial charge on any atom is 0.229 e. The predicted octanol–water partition coefficient (Wildman–Crippen LogP) is 1.91. The van der Waals surface area contributed by atoms with Crippen molar-refractivity contribution in [2.75, 3.05) is 18.4 Å². The summed E-state index contributed by atoms with van der Waals surface area (Å²) in [6.45, 7) is 3.45. The van der Waals surface area contributed by atoms with E-state index in [0.29, 0.717) is 6.54 Å². The van der Waals surface area contributed by atoms with E-state index in [1.807, 2.05) is 32.4 Å². The smallest absolute Gasteiger partial charge is 0.229 e. The standard InChI is InChI=1S/C15H19N5O.2ClH/c1-10-3-4-16-8-14(10)19-15(21)13-7-17-6-12(13)11-5-18-20(2)9-11;;/h3-5,8-9,12-13,17H,6-7H2,1-2H3,(H,19,21);2*1H/t12-,13+;;/m1../s1. The number of aromatic nitrogens is 3. The number of carbonyl (C=O) groups is 1. The number of rotatable bonds is 3. The van der Waals surface area contributed by atoms with Crippen LogP contribution in [0.2, 0.25) is 0 Å². The number of pyridine rings is 1. The molecule has 1 aliphatic rings. The monoisotopic (exact) mass is 357 g/mol. The molecule has 126 valence electrons. The van der Waals surface area contributed by atoms with E-state index in [9.17, 15) is 4.79 Å². The van der Waals surface area contributed by atoms with Gasteiger partial charge in [0.15, 0.2) is 0 Å². The van der Waals surface area contributed by atoms with Crippen molar-refractivity contribution in [1.29, 1.82) is 0 Å². The first kappa shape index (κ1) is 19.4. The van der Waals surface area contributed by atoms with Gasteiger partial charge in [0, 0.05) is 38.4 Å². The number of carbonyl (C=O) groups excluding carboxylic acids is 1. The molecule has 0 bridgehead atoms. The van der Waals surface area contributed by atoms with Crippen molar-refractivity contribution in [3.8, 4) is 0 Å². The second kappa shape index (κ2) is 8.29. The van der Waals surface area contributed by atoms with Crippen LogP contribution < -0.4 is 10.6 Å². The van der Waals surface area contributed by atoms with E-state index < -0.39 is 0 Å². The lowest BCUT2D eigenvalue weighted by Crippen LogP contribution is -2.28. The molecule has 3 heterocycles. The lowest BCUT2D eigenvalue weighted by atomic mass is 9.90. The molecule has 2 N–H and O–H groups in total. The molecule has 0 unspecified atom stereocenters. The summed E-state index contributed by atoms with van der Waals surface area (Å²) in [6, 6.07) is 1.89. The molecule has 8 heteroatoms. The highest BCUT2D eigenvalue weighted by Crippen LogP contribution is 2.29. The molecule has 3 rings (SSSR count). The molecule has 0 radical (unpaired) electrons. The van der Waals surface area contributed by atoms with Crippen LogP contribution in [0.15, 0.2) is 30.9 Å². The van der Waals surface area contributed by atoms with E-state index in [1.165, 1.54) is 0 Å². The number of amides is 1. The van der Waals surface area contributed by atoms with Crippen molar-refractivity contribution >= 4 is 36.4 Å². The fraction of sp³-hybridized carbons (Fsp3) is 0.400. The van der Waals surface area contributed by atoms with Gasteiger partial charge in [-0.05, 0) is 24.1 Å². The van der Waals surface area contributed by atoms with Gasteiger partial charge in [-0.25, -0.2) is 0 Å². The van der Waals surface area contributed by atoms with Gasteiger partial charge in [-0.15, -0.1) is 24.8 Å². The van der Waals surface area contributed by atoms with Crippen LogP contribution in [0, 0.1) is 12.8 Å². The third-order valence-electron chi connectivity index (χ3n) is 4.00. The van der Waals surface area contributed by atoms with Crippen LogP contribution in [-0.2, 0) is 11.8 Å². The van der Waals surface area contributed by atoms with Crippen molar-refractivity contribution in [3.63, 3.8) is 0 Å². The Labute approximate surface area is 147 Å². The third-order valence-corrected chi connectivity index (χ3v) is 4.00. The van der Waals surface area contributed by atoms with Gasteiger partial charge in [-0.2, -0.15) is 5.10 Å². The predicted molar refractivity (Wildman–Crippen MR) is 94.4 cm³/mol. The minimum Gasteiger partial charge on any atom is -0.324 e. The first-order valence-corrected chi connectivity index (χ1v) is 7.06. The van der Waals surface area contributed by atoms with E-state index in [0.717, 1.165) is 23.4 Å². The van der Waals surface area contributed by atoms with Crippen LogP contribution in [0.1, 0.15) is 17.0 Å². The molecule has 2 atom stereocenters. The number of hydrogen-bond donors (Lipinski definition) is 2. The lowest BCUT2D eigenvalue weighted by molar-refractivity contribution is -0.119. The quantitative estimate of drug-likeness (QED) is 0.879. The van der Waals surface area contributed by atoms with Crippen LogP contribution in [0.3, 0.4) is 0 Å². The second-order valence-electron chi connectivity index (χ2n) is 5.50. The molecule has 1 amide bonds. The molecule has 0 aromatic carbocycles. The maximum absolute atomic E-state index is 12.6. The summed E-state index contributed by atoms with van der Waals surface area (Å²) < 4.78 is 1.77. The minimum atomic E-state index is -0.0891. The summed E-state index contributed by atoms with van der Waals surface area (Å²) >= 11 is 0. The Balaban J connectivity index is 0.00000132. The largest absolute Gasteiger partial charge is 0.324 e. The van der Waals surface area contributed by atoms with Crippen molar-refractivity contribution in [2.24, 2.45) is 13.0 Å². The summed E-state index contributed by atoms with van der Waals surface area (Å²) in [6.07, 6.45) is 7.23. The van der Waals surface area contributed by atoms with Gasteiger partial charge in [0.1, 0.15) is 0 Å². The Bertz CT molecular complexity index is 661. The highest BCUT2D eigenvalue weighted by Gasteiger charge is 2.34. The van der Waals surface area contributed by atoms with Gasteiger partial charge in [-0.1, -0.05) is 0 Å². The van der Waals surface area contributed by atoms with E-state index >= 15 is 0 Å². The zero-order chi connectivity index (χ0) is 14.8. The van der Waals surface area contributed by atoms with Gasteiger partial charge in [0.2, 0.25) is 5.91 Å². The molecule has 2 aromatic rings. The lowest BCUT2D eigenvalue weighted by Gasteiger charge is -2.17. The first-order valence-electron chi connectivity index (χ1n) is 7.06. The molecule has 0 aliphatic carbocycles. The van der Waals surface area contributed by atoms with Gasteiger partial charge in [0.05, 0.1) is 24.0 Å². The Morgan fingerprint density at radius 2 is 2.13 bits per heavy atom. The zero-order valence-corrected chi connectivity index (χ0v) is 14.7. The molecule has 6 nitrogen and oxygen atoms in total. The van der Waals surface area contributed by atoms with Crippen molar-refractivity contribution in [2.45, 2.75) is 12.8 Å². The molecule has 2 aromatic heterocycles. The molecule has 1 fully saturated rings. The van der Waals surface area contributed by atoms with Gasteiger partial charge >= 0.3 is 0 Å². The first-order chi connectivity index (χ1) is 10.1. The summed E-state index contributed by atoms with van der Waals surface area (Å²) in [5, 5.41) is 10.5. The van der Waals surface area contributed by atoms with E-state index in [2.05, 4.69) is 20.7 Å². The Morgan fingerprint density at radius 1 is 1.35 bits per heavy atom. The number of halogens is 2. The normalized spacial score (nSPS) is 19.6. The summed E-state index contributed by atoms with van der Waals surface area (Å²) in [4.78, 5) is 16.6. The van der Waals surface area contributed by atoms with Crippen LogP contribution in [0.25, 0.3) is 0 Å². The molecular weight excluding hydrogens is 337 g/mol. The van der Waals surface area contributed by atoms with Crippen molar-refractivity contribution in [3.05, 3.63) is 42.0 Å². The summed E-state index contributed by atoms with van der Waals surface area (Å²) in [5.74, 6) is 0.106. The second-order valence-corrected chi connectivity index (χ2v) is 5.50. The van der Waals surface area contributed by atoms with Crippen LogP contribution in [-0.4, -0.2) is 33.8 Å². The number of anilines is 1. The summed E-state index contributed by atoms with van der Waals surface area (Å²) in [7, 11) is 1.89. The topological polar surface area (TPSA) is 71.8 Å². The highest BCUT2D eigenvalue weighted by molar-refractivity contribution is 5.94. The number of aryl methyl sites for hydroxylation is 2. The van der Waals surface area contributed by atoms with Gasteiger partial charge < -0.3 is 10.6 Å². The van der Waals surface area contributed by atoms with Crippen LogP contribution >= 0.6 is 24.8 Å². The van der Waals surface area contributed by atoms with E-state index in [1.54, 1.807) is 17.1 Å². The molecule has 1 aliphatic heterocycles. The average Bonchev–Trinajstić information content (AvgIpc) is 3.09. The molecule has 0 saturated carbocycles. The van der Waals surface area contributed by atoms with Crippen molar-refractivity contribution in [1.82, 2.24) is 20.1 Å². The SMILES string of the molecule is Cc1ccncc1NC(=O)[C@H]1CNC[C@@H]1c1cnn(C)c1.Cl.Cl. The fourth-order valence-electron chi connectivity index (χ4n) is 2.76. The minimum absolute atomic E-state index is 0. The van der Waals surface area contributed by atoms with E-state index in [-0.39, 0.29) is 42.6 Å². The number of nitrogens with zero attached hydrogens (tertiary/aromatic N) is 3. The van der Waals surface area contributed by atoms with Crippen LogP contribution in [0.5, 0.6) is 0 Å². The molecule has 23 heavy (non-hydrogen) atoms. The fourth-order valence-corrected chi connectivity index (χ4v) is 2.76. The summed E-state index contributed by atoms with van der Waals surface area (Å²) in [5.41, 5.74) is 2.90. The Hall–Kier alpha value is -1.63. The molecule has 0 spiro atoms. The molecule has 1 saturated heterocycles. The molecular formula is C15H21Cl2N5O. The van der Waals surface area contributed by atoms with Gasteiger partial charge in [-0.3, -0.25) is 14.5 Å². The van der Waals surface area contributed by atoms with Gasteiger partial charge in [0.25, 0.3) is 0 Å². The number of hydrogen-bond acceptors (Lipinski definition) is 4. The third kappa shape index (κ3) is 4.22. The average molecular weight is 358 g/mol. The highest BCUT2D eigenvalue weighted by atomic mass is 35.5. The van der Waals surface area contributed by atoms with Crippen molar-refractivity contribution < 1.29 is 4.79 Å². The van der Waals surface area contributed by atoms with E-state index in [4.69, 9.17) is 0 Å². The Kier molecular flexibility index (Phi) is 7.00.